The molecule has 0 unspecified atom stereocenters. The second-order valence-electron chi connectivity index (χ2n) is 5.65. The van der Waals surface area contributed by atoms with Gasteiger partial charge in [0.1, 0.15) is 5.75 Å². The molecule has 0 fully saturated rings. The van der Waals surface area contributed by atoms with E-state index in [1.165, 1.54) is 12.7 Å². The van der Waals surface area contributed by atoms with Crippen LogP contribution in [0.1, 0.15) is 25.0 Å². The molecule has 112 valence electrons. The van der Waals surface area contributed by atoms with Crippen molar-refractivity contribution in [3.63, 3.8) is 0 Å². The molecule has 0 radical (unpaired) electrons. The monoisotopic (exact) mass is 286 g/mol. The van der Waals surface area contributed by atoms with Gasteiger partial charge in [-0.1, -0.05) is 38.1 Å². The third kappa shape index (κ3) is 3.54. The van der Waals surface area contributed by atoms with Crippen LogP contribution in [-0.2, 0) is 22.4 Å². The van der Waals surface area contributed by atoms with Crippen molar-refractivity contribution in [1.29, 1.82) is 0 Å². The summed E-state index contributed by atoms with van der Waals surface area (Å²) < 4.78 is 10.2. The number of carbonyl (C=O) groups excluding carboxylic acids is 1. The minimum absolute atomic E-state index is 0.223. The van der Waals surface area contributed by atoms with Crippen LogP contribution in [0.4, 0.5) is 0 Å². The molecule has 0 aliphatic carbocycles. The third-order valence-corrected chi connectivity index (χ3v) is 3.57. The van der Waals surface area contributed by atoms with Gasteiger partial charge in [-0.25, -0.2) is 0 Å². The summed E-state index contributed by atoms with van der Waals surface area (Å²) in [5.74, 6) is 1.09. The third-order valence-electron chi connectivity index (χ3n) is 3.57. The highest BCUT2D eigenvalue weighted by Gasteiger charge is 2.13. The quantitative estimate of drug-likeness (QED) is 0.785. The first-order valence-corrected chi connectivity index (χ1v) is 7.20. The van der Waals surface area contributed by atoms with Crippen molar-refractivity contribution in [1.82, 2.24) is 0 Å². The van der Waals surface area contributed by atoms with Crippen molar-refractivity contribution in [2.75, 3.05) is 14.2 Å². The molecule has 2 aromatic rings. The van der Waals surface area contributed by atoms with Crippen LogP contribution < -0.4 is 4.74 Å². The lowest BCUT2D eigenvalue weighted by Crippen LogP contribution is -2.06. The van der Waals surface area contributed by atoms with Gasteiger partial charge in [-0.15, -0.1) is 0 Å². The van der Waals surface area contributed by atoms with E-state index in [0.717, 1.165) is 28.5 Å². The topological polar surface area (TPSA) is 35.5 Å². The first kappa shape index (κ1) is 15.4. The van der Waals surface area contributed by atoms with Gasteiger partial charge >= 0.3 is 5.97 Å². The number of fused-ring (bicyclic) bond motifs is 1. The van der Waals surface area contributed by atoms with Gasteiger partial charge in [-0.05, 0) is 34.7 Å². The predicted molar refractivity (Wildman–Crippen MR) is 84.8 cm³/mol. The number of benzene rings is 2. The van der Waals surface area contributed by atoms with E-state index in [2.05, 4.69) is 32.0 Å². The lowest BCUT2D eigenvalue weighted by molar-refractivity contribution is -0.139. The molecule has 3 heteroatoms. The van der Waals surface area contributed by atoms with Gasteiger partial charge in [0.05, 0.1) is 20.6 Å². The second kappa shape index (κ2) is 6.61. The molecule has 0 heterocycles. The van der Waals surface area contributed by atoms with Crippen molar-refractivity contribution >= 4 is 16.7 Å². The first-order valence-electron chi connectivity index (χ1n) is 7.20. The molecule has 0 aliphatic rings. The van der Waals surface area contributed by atoms with Crippen LogP contribution in [0.2, 0.25) is 0 Å². The zero-order chi connectivity index (χ0) is 15.4. The van der Waals surface area contributed by atoms with E-state index in [4.69, 9.17) is 9.47 Å². The Bertz CT molecular complexity index is 644. The largest absolute Gasteiger partial charge is 0.496 e. The van der Waals surface area contributed by atoms with Crippen LogP contribution in [0.5, 0.6) is 5.75 Å². The maximum absolute atomic E-state index is 11.6. The molecular weight excluding hydrogens is 264 g/mol. The fourth-order valence-corrected chi connectivity index (χ4v) is 2.61. The highest BCUT2D eigenvalue weighted by atomic mass is 16.5. The average Bonchev–Trinajstić information content (AvgIpc) is 2.46. The SMILES string of the molecule is COC(=O)Cc1c(OC)ccc2cc(CC(C)C)ccc12. The molecule has 0 saturated carbocycles. The summed E-state index contributed by atoms with van der Waals surface area (Å²) in [5.41, 5.74) is 2.20. The van der Waals surface area contributed by atoms with Crippen molar-refractivity contribution in [2.24, 2.45) is 5.92 Å². The summed E-state index contributed by atoms with van der Waals surface area (Å²) in [6, 6.07) is 10.4. The summed E-state index contributed by atoms with van der Waals surface area (Å²) in [5, 5.41) is 2.18. The van der Waals surface area contributed by atoms with Gasteiger partial charge in [0.2, 0.25) is 0 Å². The van der Waals surface area contributed by atoms with Gasteiger partial charge in [0, 0.05) is 5.56 Å². The average molecular weight is 286 g/mol. The molecule has 0 aliphatic heterocycles. The van der Waals surface area contributed by atoms with Crippen molar-refractivity contribution < 1.29 is 14.3 Å². The number of carbonyl (C=O) groups is 1. The Hall–Kier alpha value is -2.03. The first-order chi connectivity index (χ1) is 10.0. The molecular formula is C18H22O3. The maximum atomic E-state index is 11.6. The van der Waals surface area contributed by atoms with Crippen molar-refractivity contribution in [3.05, 3.63) is 41.5 Å². The fourth-order valence-electron chi connectivity index (χ4n) is 2.61. The number of ether oxygens (including phenoxy) is 2. The van der Waals surface area contributed by atoms with E-state index in [0.29, 0.717) is 5.92 Å². The molecule has 3 nitrogen and oxygen atoms in total. The van der Waals surface area contributed by atoms with E-state index in [9.17, 15) is 4.79 Å². The Labute approximate surface area is 125 Å². The van der Waals surface area contributed by atoms with Crippen LogP contribution in [0.25, 0.3) is 10.8 Å². The standard InChI is InChI=1S/C18H22O3/c1-12(2)9-13-5-7-15-14(10-13)6-8-17(20-3)16(15)11-18(19)21-4/h5-8,10,12H,9,11H2,1-4H3. The Morgan fingerprint density at radius 2 is 1.90 bits per heavy atom. The van der Waals surface area contributed by atoms with Gasteiger partial charge in [-0.3, -0.25) is 4.79 Å². The van der Waals surface area contributed by atoms with Crippen LogP contribution in [0.3, 0.4) is 0 Å². The van der Waals surface area contributed by atoms with Crippen LogP contribution >= 0.6 is 0 Å². The van der Waals surface area contributed by atoms with Crippen LogP contribution in [0.15, 0.2) is 30.3 Å². The van der Waals surface area contributed by atoms with Crippen molar-refractivity contribution in [3.8, 4) is 5.75 Å². The summed E-state index contributed by atoms with van der Waals surface area (Å²) in [6.07, 6.45) is 1.27. The molecule has 2 aromatic carbocycles. The Morgan fingerprint density at radius 3 is 2.52 bits per heavy atom. The number of esters is 1. The van der Waals surface area contributed by atoms with Crippen LogP contribution in [-0.4, -0.2) is 20.2 Å². The van der Waals surface area contributed by atoms with E-state index in [-0.39, 0.29) is 12.4 Å². The second-order valence-corrected chi connectivity index (χ2v) is 5.65. The maximum Gasteiger partial charge on any atom is 0.310 e. The predicted octanol–water partition coefficient (Wildman–Crippen LogP) is 3.76. The molecule has 21 heavy (non-hydrogen) atoms. The minimum atomic E-state index is -0.257. The molecule has 0 N–H and O–H groups in total. The minimum Gasteiger partial charge on any atom is -0.496 e. The van der Waals surface area contributed by atoms with E-state index in [1.54, 1.807) is 7.11 Å². The lowest BCUT2D eigenvalue weighted by atomic mass is 9.96. The number of hydrogen-bond donors (Lipinski definition) is 0. The number of hydrogen-bond acceptors (Lipinski definition) is 3. The molecule has 2 rings (SSSR count). The summed E-state index contributed by atoms with van der Waals surface area (Å²) in [6.45, 7) is 4.42. The van der Waals surface area contributed by atoms with Crippen molar-refractivity contribution in [2.45, 2.75) is 26.7 Å². The summed E-state index contributed by atoms with van der Waals surface area (Å²) in [7, 11) is 3.02. The highest BCUT2D eigenvalue weighted by molar-refractivity contribution is 5.91. The highest BCUT2D eigenvalue weighted by Crippen LogP contribution is 2.30. The summed E-state index contributed by atoms with van der Waals surface area (Å²) in [4.78, 5) is 11.6. The smallest absolute Gasteiger partial charge is 0.310 e. The normalized spacial score (nSPS) is 10.9. The Balaban J connectivity index is 2.50. The van der Waals surface area contributed by atoms with Crippen LogP contribution in [0, 0.1) is 5.92 Å². The fraction of sp³-hybridized carbons (Fsp3) is 0.389. The number of methoxy groups -OCH3 is 2. The van der Waals surface area contributed by atoms with Gasteiger partial charge in [0.25, 0.3) is 0 Å². The molecule has 0 aromatic heterocycles. The molecule has 0 amide bonds. The summed E-state index contributed by atoms with van der Waals surface area (Å²) >= 11 is 0. The zero-order valence-corrected chi connectivity index (χ0v) is 13.1. The van der Waals surface area contributed by atoms with Gasteiger partial charge in [0.15, 0.2) is 0 Å². The van der Waals surface area contributed by atoms with Gasteiger partial charge < -0.3 is 9.47 Å². The zero-order valence-electron chi connectivity index (χ0n) is 13.1. The molecule has 0 atom stereocenters. The van der Waals surface area contributed by atoms with E-state index >= 15 is 0 Å². The van der Waals surface area contributed by atoms with E-state index < -0.39 is 0 Å². The van der Waals surface area contributed by atoms with E-state index in [1.807, 2.05) is 12.1 Å². The molecule has 0 spiro atoms. The molecule has 0 bridgehead atoms. The Morgan fingerprint density at radius 1 is 1.14 bits per heavy atom. The number of rotatable bonds is 5. The Kier molecular flexibility index (Phi) is 4.84. The lowest BCUT2D eigenvalue weighted by Gasteiger charge is -2.13. The van der Waals surface area contributed by atoms with Gasteiger partial charge in [-0.2, -0.15) is 0 Å². The molecule has 0 saturated heterocycles.